The molecular weight excluding hydrogens is 451 g/mol. The number of rotatable bonds is 5. The van der Waals surface area contributed by atoms with E-state index in [1.54, 1.807) is 60.7 Å². The number of halogens is 1. The summed E-state index contributed by atoms with van der Waals surface area (Å²) in [7, 11) is 0. The Morgan fingerprint density at radius 2 is 1.42 bits per heavy atom. The van der Waals surface area contributed by atoms with Gasteiger partial charge in [-0.15, -0.1) is 0 Å². The van der Waals surface area contributed by atoms with Crippen LogP contribution in [0.25, 0.3) is 0 Å². The topological polar surface area (TPSA) is 82.1 Å². The first-order valence-corrected chi connectivity index (χ1v) is 9.54. The minimum atomic E-state index is -1.27. The first-order chi connectivity index (χ1) is 12.6. The van der Waals surface area contributed by atoms with E-state index in [0.717, 1.165) is 0 Å². The number of alkyl halides is 1. The van der Waals surface area contributed by atoms with E-state index >= 15 is 0 Å². The molecule has 3 rings (SSSR count). The highest BCUT2D eigenvalue weighted by Crippen LogP contribution is 2.28. The van der Waals surface area contributed by atoms with Gasteiger partial charge in [0.05, 0.1) is 11.1 Å². The van der Waals surface area contributed by atoms with Gasteiger partial charge in [-0.05, 0) is 24.3 Å². The van der Waals surface area contributed by atoms with Crippen molar-refractivity contribution in [2.45, 2.75) is 24.6 Å². The van der Waals surface area contributed by atoms with Crippen molar-refractivity contribution in [3.05, 3.63) is 71.8 Å². The van der Waals surface area contributed by atoms with E-state index in [1.165, 1.54) is 0 Å². The van der Waals surface area contributed by atoms with Crippen LogP contribution in [0.15, 0.2) is 60.7 Å². The number of esters is 2. The van der Waals surface area contributed by atoms with Crippen LogP contribution in [0, 0.1) is 0 Å². The fourth-order valence-electron chi connectivity index (χ4n) is 2.59. The highest BCUT2D eigenvalue weighted by Gasteiger charge is 2.48. The molecule has 0 spiro atoms. The number of carbonyl (C=O) groups excluding carboxylic acids is 2. The van der Waals surface area contributed by atoms with Gasteiger partial charge >= 0.3 is 11.9 Å². The van der Waals surface area contributed by atoms with Crippen molar-refractivity contribution in [2.24, 2.45) is 0 Å². The average molecular weight is 468 g/mol. The Kier molecular flexibility index (Phi) is 6.23. The molecular formula is C19H17IO6. The van der Waals surface area contributed by atoms with Crippen LogP contribution in [-0.2, 0) is 14.2 Å². The maximum atomic E-state index is 12.3. The standard InChI is InChI=1S/C19H17IO6/c20-11-14-16(25-17(22)12-7-3-1-4-8-12)15(21)19(24-14)26-18(23)13-9-5-2-6-10-13/h1-10,14-16,19,21H,11H2/t14-,15-,16-,19-/m1/s1. The molecule has 1 aliphatic rings. The lowest BCUT2D eigenvalue weighted by Crippen LogP contribution is -2.38. The number of benzene rings is 2. The summed E-state index contributed by atoms with van der Waals surface area (Å²) < 4.78 is 16.7. The second kappa shape index (κ2) is 8.61. The van der Waals surface area contributed by atoms with Gasteiger partial charge in [-0.2, -0.15) is 0 Å². The van der Waals surface area contributed by atoms with Crippen LogP contribution in [0.1, 0.15) is 20.7 Å². The molecule has 0 bridgehead atoms. The number of carbonyl (C=O) groups is 2. The summed E-state index contributed by atoms with van der Waals surface area (Å²) >= 11 is 2.06. The van der Waals surface area contributed by atoms with Crippen LogP contribution >= 0.6 is 22.6 Å². The third-order valence-electron chi connectivity index (χ3n) is 3.93. The van der Waals surface area contributed by atoms with Crippen LogP contribution in [-0.4, -0.2) is 46.1 Å². The minimum Gasteiger partial charge on any atom is -0.453 e. The van der Waals surface area contributed by atoms with Crippen LogP contribution in [0.5, 0.6) is 0 Å². The van der Waals surface area contributed by atoms with Gasteiger partial charge < -0.3 is 19.3 Å². The van der Waals surface area contributed by atoms with Crippen molar-refractivity contribution in [1.82, 2.24) is 0 Å². The monoisotopic (exact) mass is 468 g/mol. The number of hydrogen-bond acceptors (Lipinski definition) is 6. The molecule has 0 aliphatic carbocycles. The Balaban J connectivity index is 1.67. The van der Waals surface area contributed by atoms with Crippen LogP contribution in [0.3, 0.4) is 0 Å². The molecule has 0 saturated carbocycles. The summed E-state index contributed by atoms with van der Waals surface area (Å²) in [5, 5.41) is 10.5. The predicted molar refractivity (Wildman–Crippen MR) is 101 cm³/mol. The Morgan fingerprint density at radius 1 is 0.923 bits per heavy atom. The minimum absolute atomic E-state index is 0.346. The molecule has 1 fully saturated rings. The van der Waals surface area contributed by atoms with Crippen molar-refractivity contribution in [1.29, 1.82) is 0 Å². The second-order valence-corrected chi connectivity index (χ2v) is 6.58. The first-order valence-electron chi connectivity index (χ1n) is 8.01. The fourth-order valence-corrected chi connectivity index (χ4v) is 3.29. The van der Waals surface area contributed by atoms with Crippen molar-refractivity contribution in [3.8, 4) is 0 Å². The van der Waals surface area contributed by atoms with Crippen LogP contribution in [0.2, 0.25) is 0 Å². The normalized spacial score (nSPS) is 24.8. The van der Waals surface area contributed by atoms with Crippen molar-refractivity contribution >= 4 is 34.5 Å². The SMILES string of the molecule is O=C(O[C@H]1O[C@H](CI)[C@@H](OC(=O)c2ccccc2)[C@H]1O)c1ccccc1. The number of ether oxygens (including phenoxy) is 3. The van der Waals surface area contributed by atoms with E-state index in [0.29, 0.717) is 15.6 Å². The number of hydrogen-bond donors (Lipinski definition) is 1. The van der Waals surface area contributed by atoms with Crippen molar-refractivity contribution in [2.75, 3.05) is 4.43 Å². The van der Waals surface area contributed by atoms with Gasteiger partial charge in [0, 0.05) is 4.43 Å². The number of aliphatic hydroxyl groups excluding tert-OH is 1. The Hall–Kier alpha value is -1.97. The molecule has 1 N–H and O–H groups in total. The zero-order valence-corrected chi connectivity index (χ0v) is 15.8. The Labute approximate surface area is 164 Å². The van der Waals surface area contributed by atoms with E-state index in [2.05, 4.69) is 22.6 Å². The molecule has 0 unspecified atom stereocenters. The fraction of sp³-hybridized carbons (Fsp3) is 0.263. The molecule has 4 atom stereocenters. The Morgan fingerprint density at radius 3 is 1.92 bits per heavy atom. The van der Waals surface area contributed by atoms with Gasteiger partial charge in [-0.25, -0.2) is 9.59 Å². The smallest absolute Gasteiger partial charge is 0.340 e. The lowest BCUT2D eigenvalue weighted by Gasteiger charge is -2.19. The summed E-state index contributed by atoms with van der Waals surface area (Å²) in [6.07, 6.45) is -3.97. The Bertz CT molecular complexity index is 751. The van der Waals surface area contributed by atoms with Gasteiger partial charge in [0.25, 0.3) is 0 Å². The van der Waals surface area contributed by atoms with Crippen molar-refractivity contribution in [3.63, 3.8) is 0 Å². The molecule has 2 aromatic carbocycles. The van der Waals surface area contributed by atoms with E-state index < -0.39 is 36.5 Å². The van der Waals surface area contributed by atoms with Gasteiger partial charge in [0.15, 0.2) is 12.2 Å². The molecule has 1 heterocycles. The zero-order valence-electron chi connectivity index (χ0n) is 13.7. The maximum absolute atomic E-state index is 12.3. The van der Waals surface area contributed by atoms with E-state index in [9.17, 15) is 14.7 Å². The molecule has 0 amide bonds. The summed E-state index contributed by atoms with van der Waals surface area (Å²) in [5.41, 5.74) is 0.718. The number of aliphatic hydroxyl groups is 1. The van der Waals surface area contributed by atoms with Gasteiger partial charge in [0.1, 0.15) is 6.10 Å². The largest absolute Gasteiger partial charge is 0.453 e. The lowest BCUT2D eigenvalue weighted by atomic mass is 10.1. The zero-order chi connectivity index (χ0) is 18.5. The summed E-state index contributed by atoms with van der Waals surface area (Å²) in [6.45, 7) is 0. The summed E-state index contributed by atoms with van der Waals surface area (Å²) in [5.74, 6) is -1.18. The average Bonchev–Trinajstić information content (AvgIpc) is 2.98. The first kappa shape index (κ1) is 18.8. The van der Waals surface area contributed by atoms with E-state index in [1.807, 2.05) is 0 Å². The lowest BCUT2D eigenvalue weighted by molar-refractivity contribution is -0.130. The molecule has 7 heteroatoms. The van der Waals surface area contributed by atoms with Gasteiger partial charge in [-0.3, -0.25) is 0 Å². The van der Waals surface area contributed by atoms with Crippen molar-refractivity contribution < 1.29 is 28.9 Å². The van der Waals surface area contributed by atoms with E-state index in [4.69, 9.17) is 14.2 Å². The molecule has 1 aliphatic heterocycles. The molecule has 1 saturated heterocycles. The van der Waals surface area contributed by atoms with E-state index in [-0.39, 0.29) is 0 Å². The van der Waals surface area contributed by atoms with Gasteiger partial charge in [0.2, 0.25) is 6.29 Å². The second-order valence-electron chi connectivity index (χ2n) is 5.70. The highest BCUT2D eigenvalue weighted by molar-refractivity contribution is 14.1. The summed E-state index contributed by atoms with van der Waals surface area (Å²) in [4.78, 5) is 24.4. The third kappa shape index (κ3) is 4.22. The molecule has 136 valence electrons. The third-order valence-corrected chi connectivity index (χ3v) is 4.80. The van der Waals surface area contributed by atoms with Crippen LogP contribution < -0.4 is 0 Å². The maximum Gasteiger partial charge on any atom is 0.340 e. The predicted octanol–water partition coefficient (Wildman–Crippen LogP) is 2.59. The highest BCUT2D eigenvalue weighted by atomic mass is 127. The van der Waals surface area contributed by atoms with Gasteiger partial charge in [-0.1, -0.05) is 59.0 Å². The molecule has 0 aromatic heterocycles. The molecule has 0 radical (unpaired) electrons. The quantitative estimate of drug-likeness (QED) is 0.413. The van der Waals surface area contributed by atoms with Crippen LogP contribution in [0.4, 0.5) is 0 Å². The molecule has 2 aromatic rings. The summed E-state index contributed by atoms with van der Waals surface area (Å²) in [6, 6.07) is 16.9. The molecule has 6 nitrogen and oxygen atoms in total. The molecule has 26 heavy (non-hydrogen) atoms.